The van der Waals surface area contributed by atoms with Gasteiger partial charge in [0.2, 0.25) is 11.8 Å². The van der Waals surface area contributed by atoms with E-state index in [0.717, 1.165) is 24.2 Å². The van der Waals surface area contributed by atoms with Gasteiger partial charge in [-0.05, 0) is 62.6 Å². The van der Waals surface area contributed by atoms with Crippen LogP contribution in [0.25, 0.3) is 0 Å². The van der Waals surface area contributed by atoms with E-state index in [9.17, 15) is 19.2 Å². The summed E-state index contributed by atoms with van der Waals surface area (Å²) in [7, 11) is 0. The molecule has 2 saturated carbocycles. The Hall–Kier alpha value is -2.41. The lowest BCUT2D eigenvalue weighted by Crippen LogP contribution is -2.45. The molecule has 1 aromatic carbocycles. The van der Waals surface area contributed by atoms with Gasteiger partial charge in [-0.15, -0.1) is 0 Å². The topological polar surface area (TPSA) is 92.8 Å². The second-order valence-electron chi connectivity index (χ2n) is 8.18. The Labute approximate surface area is 173 Å². The molecular weight excluding hydrogens is 396 g/mol. The molecule has 2 aliphatic carbocycles. The van der Waals surface area contributed by atoms with Crippen molar-refractivity contribution in [2.24, 2.45) is 23.7 Å². The van der Waals surface area contributed by atoms with Gasteiger partial charge >= 0.3 is 5.97 Å². The highest BCUT2D eigenvalue weighted by atomic mass is 35.5. The van der Waals surface area contributed by atoms with Gasteiger partial charge in [-0.3, -0.25) is 19.3 Å². The first kappa shape index (κ1) is 19.9. The average molecular weight is 419 g/mol. The molecule has 3 fully saturated rings. The minimum Gasteiger partial charge on any atom is -0.454 e. The van der Waals surface area contributed by atoms with Crippen molar-refractivity contribution in [2.45, 2.75) is 39.2 Å². The Morgan fingerprint density at radius 2 is 1.83 bits per heavy atom. The lowest BCUT2D eigenvalue weighted by atomic mass is 9.81. The number of benzene rings is 1. The fourth-order valence-corrected chi connectivity index (χ4v) is 5.28. The molecule has 8 heteroatoms. The number of halogens is 1. The highest BCUT2D eigenvalue weighted by Gasteiger charge is 2.62. The van der Waals surface area contributed by atoms with Crippen LogP contribution in [-0.2, 0) is 23.9 Å². The lowest BCUT2D eigenvalue weighted by Gasteiger charge is -2.23. The molecule has 0 unspecified atom stereocenters. The Morgan fingerprint density at radius 3 is 2.45 bits per heavy atom. The van der Waals surface area contributed by atoms with Crippen molar-refractivity contribution in [1.82, 2.24) is 4.90 Å². The number of hydrogen-bond donors (Lipinski definition) is 1. The number of carbonyl (C=O) groups excluding carboxylic acids is 4. The zero-order valence-electron chi connectivity index (χ0n) is 16.3. The van der Waals surface area contributed by atoms with Crippen molar-refractivity contribution in [3.05, 3.63) is 28.8 Å². The number of fused-ring (bicyclic) bond motifs is 5. The number of hydrogen-bond acceptors (Lipinski definition) is 5. The summed E-state index contributed by atoms with van der Waals surface area (Å²) < 4.78 is 5.08. The zero-order valence-corrected chi connectivity index (χ0v) is 17.1. The number of imide groups is 1. The Bertz CT molecular complexity index is 873. The maximum atomic E-state index is 12.8. The van der Waals surface area contributed by atoms with Gasteiger partial charge in [-0.2, -0.15) is 0 Å². The molecule has 1 aromatic rings. The van der Waals surface area contributed by atoms with Crippen molar-refractivity contribution >= 4 is 41.0 Å². The molecule has 0 aromatic heterocycles. The standard InChI is InChI=1S/C21H23ClN2O5/c1-10-14(22)4-3-5-15(10)23-16(25)9-29-21(28)11(2)24-19(26)17-12-6-7-13(8-12)18(17)20(24)27/h3-5,11-13,17-18H,6-9H2,1-2H3,(H,23,25)/t11-,12-,13-,17+,18+/m0/s1. The Morgan fingerprint density at radius 1 is 1.21 bits per heavy atom. The van der Waals surface area contributed by atoms with Crippen molar-refractivity contribution in [3.8, 4) is 0 Å². The number of nitrogens with zero attached hydrogens (tertiary/aromatic N) is 1. The van der Waals surface area contributed by atoms with Gasteiger partial charge in [-0.25, -0.2) is 4.79 Å². The van der Waals surface area contributed by atoms with E-state index in [1.54, 1.807) is 25.1 Å². The van der Waals surface area contributed by atoms with Crippen LogP contribution in [0.3, 0.4) is 0 Å². The molecule has 0 radical (unpaired) electrons. The van der Waals surface area contributed by atoms with E-state index in [1.807, 2.05) is 0 Å². The van der Waals surface area contributed by atoms with Gasteiger partial charge in [0, 0.05) is 10.7 Å². The number of anilines is 1. The summed E-state index contributed by atoms with van der Waals surface area (Å²) in [5.41, 5.74) is 1.23. The maximum Gasteiger partial charge on any atom is 0.329 e. The first-order valence-electron chi connectivity index (χ1n) is 9.88. The van der Waals surface area contributed by atoms with Crippen LogP contribution in [0, 0.1) is 30.6 Å². The number of ether oxygens (including phenoxy) is 1. The van der Waals surface area contributed by atoms with Crippen LogP contribution < -0.4 is 5.32 Å². The summed E-state index contributed by atoms with van der Waals surface area (Å²) in [5, 5.41) is 3.15. The van der Waals surface area contributed by atoms with Crippen LogP contribution in [-0.4, -0.2) is 41.2 Å². The van der Waals surface area contributed by atoms with Crippen molar-refractivity contribution in [1.29, 1.82) is 0 Å². The number of nitrogens with one attached hydrogen (secondary N) is 1. The molecule has 29 heavy (non-hydrogen) atoms. The van der Waals surface area contributed by atoms with E-state index < -0.39 is 24.5 Å². The van der Waals surface area contributed by atoms with Crippen LogP contribution >= 0.6 is 11.6 Å². The molecule has 1 aliphatic heterocycles. The van der Waals surface area contributed by atoms with Crippen molar-refractivity contribution < 1.29 is 23.9 Å². The normalized spacial score (nSPS) is 28.4. The van der Waals surface area contributed by atoms with Crippen molar-refractivity contribution in [2.75, 3.05) is 11.9 Å². The first-order valence-corrected chi connectivity index (χ1v) is 10.3. The maximum absolute atomic E-state index is 12.8. The van der Waals surface area contributed by atoms with E-state index in [-0.39, 0.29) is 35.5 Å². The smallest absolute Gasteiger partial charge is 0.329 e. The van der Waals surface area contributed by atoms with Crippen LogP contribution in [0.5, 0.6) is 0 Å². The number of esters is 1. The van der Waals surface area contributed by atoms with E-state index in [1.165, 1.54) is 6.92 Å². The number of likely N-dealkylation sites (tertiary alicyclic amines) is 1. The van der Waals surface area contributed by atoms with Crippen LogP contribution in [0.4, 0.5) is 5.69 Å². The predicted octanol–water partition coefficient (Wildman–Crippen LogP) is 2.55. The summed E-state index contributed by atoms with van der Waals surface area (Å²) in [6.07, 6.45) is 2.88. The zero-order chi connectivity index (χ0) is 20.9. The summed E-state index contributed by atoms with van der Waals surface area (Å²) in [5.74, 6) is -1.90. The Kier molecular flexibility index (Phi) is 5.11. The summed E-state index contributed by atoms with van der Waals surface area (Å²) in [6, 6.07) is 4.06. The highest BCUT2D eigenvalue weighted by molar-refractivity contribution is 6.31. The molecule has 4 rings (SSSR count). The molecule has 0 spiro atoms. The molecule has 7 nitrogen and oxygen atoms in total. The third-order valence-corrected chi connectivity index (χ3v) is 6.99. The van der Waals surface area contributed by atoms with E-state index in [4.69, 9.17) is 16.3 Å². The van der Waals surface area contributed by atoms with E-state index >= 15 is 0 Å². The third-order valence-electron chi connectivity index (χ3n) is 6.58. The summed E-state index contributed by atoms with van der Waals surface area (Å²) in [4.78, 5) is 51.2. The molecule has 1 saturated heterocycles. The minimum absolute atomic E-state index is 0.251. The Balaban J connectivity index is 1.35. The quantitative estimate of drug-likeness (QED) is 0.586. The SMILES string of the molecule is Cc1c(Cl)cccc1NC(=O)COC(=O)[C@H](C)N1C(=O)[C@@H]2[C@H]3CC[C@@H](C3)[C@H]2C1=O. The largest absolute Gasteiger partial charge is 0.454 e. The summed E-state index contributed by atoms with van der Waals surface area (Å²) >= 11 is 6.03. The van der Waals surface area contributed by atoms with Crippen LogP contribution in [0.15, 0.2) is 18.2 Å². The molecule has 1 heterocycles. The van der Waals surface area contributed by atoms with Gasteiger partial charge in [0.05, 0.1) is 11.8 Å². The average Bonchev–Trinajstić information content (AvgIpc) is 3.37. The van der Waals surface area contributed by atoms with E-state index in [2.05, 4.69) is 5.32 Å². The second-order valence-corrected chi connectivity index (χ2v) is 8.58. The third kappa shape index (κ3) is 3.31. The highest BCUT2D eigenvalue weighted by Crippen LogP contribution is 2.56. The number of rotatable bonds is 5. The molecule has 2 bridgehead atoms. The van der Waals surface area contributed by atoms with Crippen LogP contribution in [0.1, 0.15) is 31.7 Å². The number of carbonyl (C=O) groups is 4. The monoisotopic (exact) mass is 418 g/mol. The molecule has 3 amide bonds. The van der Waals surface area contributed by atoms with Gasteiger partial charge in [-0.1, -0.05) is 17.7 Å². The second kappa shape index (κ2) is 7.44. The molecule has 1 N–H and O–H groups in total. The van der Waals surface area contributed by atoms with Gasteiger partial charge < -0.3 is 10.1 Å². The fourth-order valence-electron chi connectivity index (χ4n) is 5.11. The predicted molar refractivity (Wildman–Crippen MR) is 105 cm³/mol. The summed E-state index contributed by atoms with van der Waals surface area (Å²) in [6.45, 7) is 2.73. The fraction of sp³-hybridized carbons (Fsp3) is 0.524. The molecule has 154 valence electrons. The molecule has 3 aliphatic rings. The first-order chi connectivity index (χ1) is 13.8. The molecule has 5 atom stereocenters. The van der Waals surface area contributed by atoms with Crippen molar-refractivity contribution in [3.63, 3.8) is 0 Å². The lowest BCUT2D eigenvalue weighted by molar-refractivity contribution is -0.159. The van der Waals surface area contributed by atoms with E-state index in [0.29, 0.717) is 16.3 Å². The minimum atomic E-state index is -1.04. The molecular formula is C21H23ClN2O5. The van der Waals surface area contributed by atoms with Gasteiger partial charge in [0.15, 0.2) is 6.61 Å². The number of amides is 3. The van der Waals surface area contributed by atoms with Crippen LogP contribution in [0.2, 0.25) is 5.02 Å². The van der Waals surface area contributed by atoms with Gasteiger partial charge in [0.25, 0.3) is 5.91 Å². The van der Waals surface area contributed by atoms with Gasteiger partial charge in [0.1, 0.15) is 6.04 Å².